The van der Waals surface area contributed by atoms with Crippen molar-refractivity contribution >= 4 is 5.71 Å². The Balaban J connectivity index is 0.000000195. The number of halogens is 1. The van der Waals surface area contributed by atoms with Gasteiger partial charge in [-0.3, -0.25) is 0 Å². The Bertz CT molecular complexity index is 243. The topological polar surface area (TPSA) is 95.2 Å². The van der Waals surface area contributed by atoms with Crippen LogP contribution in [0, 0.1) is 16.2 Å². The average molecular weight is 238 g/mol. The Labute approximate surface area is 91.4 Å². The van der Waals surface area contributed by atoms with Gasteiger partial charge in [-0.1, -0.05) is 6.92 Å². The summed E-state index contributed by atoms with van der Waals surface area (Å²) in [5, 5.41) is 0. The van der Waals surface area contributed by atoms with E-state index >= 15 is 0 Å². The first-order valence-electron chi connectivity index (χ1n) is 5.14. The molecule has 15 heavy (non-hydrogen) atoms. The van der Waals surface area contributed by atoms with Crippen LogP contribution in [0.15, 0.2) is 0 Å². The van der Waals surface area contributed by atoms with E-state index in [4.69, 9.17) is 18.6 Å². The van der Waals surface area contributed by atoms with Gasteiger partial charge >= 0.3 is 0 Å². The predicted octanol–water partition coefficient (Wildman–Crippen LogP) is -3.09. The molecule has 0 amide bonds. The zero-order valence-corrected chi connectivity index (χ0v) is 9.53. The fourth-order valence-corrected chi connectivity index (χ4v) is 2.39. The van der Waals surface area contributed by atoms with E-state index in [1.165, 1.54) is 38.8 Å². The number of rotatable bonds is 1. The highest BCUT2D eigenvalue weighted by molar-refractivity contribution is 5.83. The van der Waals surface area contributed by atoms with Gasteiger partial charge in [-0.25, -0.2) is 23.2 Å². The van der Waals surface area contributed by atoms with Crippen molar-refractivity contribution in [3.63, 3.8) is 0 Å². The Kier molecular flexibility index (Phi) is 4.48. The van der Waals surface area contributed by atoms with E-state index < -0.39 is 10.2 Å². The molecule has 0 aliphatic carbocycles. The molecule has 2 rings (SSSR count). The van der Waals surface area contributed by atoms with E-state index in [0.717, 1.165) is 5.92 Å². The lowest BCUT2D eigenvalue weighted by atomic mass is 9.97. The van der Waals surface area contributed by atoms with Crippen LogP contribution < -0.4 is 18.6 Å². The first kappa shape index (κ1) is 12.9. The third-order valence-electron chi connectivity index (χ3n) is 2.98. The minimum atomic E-state index is -4.94. The lowest BCUT2D eigenvalue weighted by Crippen LogP contribution is -2.68. The Morgan fingerprint density at radius 3 is 2.40 bits per heavy atom. The lowest BCUT2D eigenvalue weighted by Gasteiger charge is -2.17. The Morgan fingerprint density at radius 2 is 1.87 bits per heavy atom. The van der Waals surface area contributed by atoms with Crippen molar-refractivity contribution in [2.75, 3.05) is 13.1 Å². The summed E-state index contributed by atoms with van der Waals surface area (Å²) in [6.45, 7) is 5.03. The molecule has 0 saturated heterocycles. The molecule has 1 atom stereocenters. The molecule has 2 aliphatic heterocycles. The van der Waals surface area contributed by atoms with Gasteiger partial charge in [0.1, 0.15) is 13.1 Å². The van der Waals surface area contributed by atoms with Gasteiger partial charge in [0, 0.05) is 25.2 Å². The third-order valence-corrected chi connectivity index (χ3v) is 2.98. The van der Waals surface area contributed by atoms with Crippen molar-refractivity contribution in [1.29, 1.82) is 0 Å². The number of hydrogen-bond donors (Lipinski definition) is 0. The quantitative estimate of drug-likeness (QED) is 0.452. The van der Waals surface area contributed by atoms with E-state index in [9.17, 15) is 0 Å². The molecule has 2 aliphatic rings. The Morgan fingerprint density at radius 1 is 1.27 bits per heavy atom. The monoisotopic (exact) mass is 237 g/mol. The van der Waals surface area contributed by atoms with E-state index in [0.29, 0.717) is 0 Å². The smallest absolute Gasteiger partial charge is 0.155 e. The van der Waals surface area contributed by atoms with E-state index in [1.54, 1.807) is 5.71 Å². The summed E-state index contributed by atoms with van der Waals surface area (Å²) < 4.78 is 36.6. The van der Waals surface area contributed by atoms with Crippen molar-refractivity contribution in [3.8, 4) is 0 Å². The molecular formula is C9H16ClNO4. The summed E-state index contributed by atoms with van der Waals surface area (Å²) in [5.74, 6) is 0.961. The fraction of sp³-hybridized carbons (Fsp3) is 0.889. The summed E-state index contributed by atoms with van der Waals surface area (Å²) >= 11 is 0. The predicted molar refractivity (Wildman–Crippen MR) is 42.6 cm³/mol. The molecule has 0 spiro atoms. The molecule has 0 aromatic carbocycles. The van der Waals surface area contributed by atoms with Crippen molar-refractivity contribution in [2.45, 2.75) is 32.6 Å². The van der Waals surface area contributed by atoms with Crippen LogP contribution in [-0.2, 0) is 0 Å². The van der Waals surface area contributed by atoms with Gasteiger partial charge in [-0.2, -0.15) is 0 Å². The van der Waals surface area contributed by atoms with Crippen LogP contribution in [-0.4, -0.2) is 23.4 Å². The summed E-state index contributed by atoms with van der Waals surface area (Å²) in [7, 11) is -4.94. The highest BCUT2D eigenvalue weighted by atomic mass is 35.7. The molecule has 1 unspecified atom stereocenters. The minimum Gasteiger partial charge on any atom is -0.237 e. The van der Waals surface area contributed by atoms with Crippen LogP contribution in [0.25, 0.3) is 0 Å². The summed E-state index contributed by atoms with van der Waals surface area (Å²) in [6.07, 6.45) is 5.63. The van der Waals surface area contributed by atoms with Gasteiger partial charge in [0.25, 0.3) is 0 Å². The summed E-state index contributed by atoms with van der Waals surface area (Å²) in [5.41, 5.74) is 1.78. The molecule has 5 nitrogen and oxygen atoms in total. The average Bonchev–Trinajstić information content (AvgIpc) is 2.59. The van der Waals surface area contributed by atoms with Crippen molar-refractivity contribution < 1.29 is 33.5 Å². The molecule has 0 radical (unpaired) electrons. The lowest BCUT2D eigenvalue weighted by molar-refractivity contribution is -2.00. The SMILES string of the molecule is CCC1CC[N+]2=C1CCC2.[O-][Cl+3]([O-])([O-])[O-]. The third kappa shape index (κ3) is 4.44. The van der Waals surface area contributed by atoms with E-state index in [1.807, 2.05) is 0 Å². The Hall–Kier alpha value is -0.200. The second-order valence-corrected chi connectivity index (χ2v) is 4.61. The molecule has 6 heteroatoms. The van der Waals surface area contributed by atoms with Gasteiger partial charge in [0.05, 0.1) is 0 Å². The zero-order chi connectivity index (χ0) is 11.5. The standard InChI is InChI=1S/C9H16N.ClHO4/c1-2-8-5-7-10-6-3-4-9(8)10;2-1(3,4)5/h8H,2-7H2,1H3;(H,2,3,4,5)/q+1;/p-1. The highest BCUT2D eigenvalue weighted by Gasteiger charge is 2.34. The second-order valence-electron chi connectivity index (χ2n) is 3.85. The van der Waals surface area contributed by atoms with Gasteiger partial charge < -0.3 is 0 Å². The van der Waals surface area contributed by atoms with Crippen molar-refractivity contribution in [3.05, 3.63) is 0 Å². The van der Waals surface area contributed by atoms with Crippen LogP contribution in [0.1, 0.15) is 32.6 Å². The molecule has 0 bridgehead atoms. The van der Waals surface area contributed by atoms with Crippen LogP contribution in [0.2, 0.25) is 0 Å². The summed E-state index contributed by atoms with van der Waals surface area (Å²) in [4.78, 5) is 0. The maximum Gasteiger partial charge on any atom is 0.155 e. The first-order chi connectivity index (χ1) is 6.92. The van der Waals surface area contributed by atoms with Crippen LogP contribution in [0.3, 0.4) is 0 Å². The van der Waals surface area contributed by atoms with Crippen LogP contribution >= 0.6 is 0 Å². The van der Waals surface area contributed by atoms with Crippen LogP contribution in [0.4, 0.5) is 0 Å². The second kappa shape index (κ2) is 5.23. The number of nitrogens with zero attached hydrogens (tertiary/aromatic N) is 1. The molecule has 0 aromatic heterocycles. The van der Waals surface area contributed by atoms with Gasteiger partial charge in [-0.05, 0) is 6.42 Å². The molecule has 2 heterocycles. The largest absolute Gasteiger partial charge is 0.237 e. The highest BCUT2D eigenvalue weighted by Crippen LogP contribution is 2.24. The number of hydrogen-bond acceptors (Lipinski definition) is 4. The maximum atomic E-state index is 8.49. The fourth-order valence-electron chi connectivity index (χ4n) is 2.39. The molecule has 0 fully saturated rings. The van der Waals surface area contributed by atoms with E-state index in [2.05, 4.69) is 11.5 Å². The van der Waals surface area contributed by atoms with Crippen LogP contribution in [0.5, 0.6) is 0 Å². The normalized spacial score (nSPS) is 25.0. The molecule has 88 valence electrons. The maximum absolute atomic E-state index is 8.49. The first-order valence-corrected chi connectivity index (χ1v) is 6.37. The van der Waals surface area contributed by atoms with Gasteiger partial charge in [-0.15, -0.1) is 10.2 Å². The van der Waals surface area contributed by atoms with Crippen molar-refractivity contribution in [1.82, 2.24) is 0 Å². The minimum absolute atomic E-state index is 0.961. The molecule has 0 aromatic rings. The van der Waals surface area contributed by atoms with Gasteiger partial charge in [0.15, 0.2) is 5.71 Å². The van der Waals surface area contributed by atoms with Gasteiger partial charge in [0.2, 0.25) is 0 Å². The molecule has 0 N–H and O–H groups in total. The summed E-state index contributed by atoms with van der Waals surface area (Å²) in [6, 6.07) is 0. The molecule has 0 saturated carbocycles. The van der Waals surface area contributed by atoms with Crippen molar-refractivity contribution in [2.24, 2.45) is 5.92 Å². The van der Waals surface area contributed by atoms with E-state index in [-0.39, 0.29) is 0 Å². The zero-order valence-electron chi connectivity index (χ0n) is 8.78. The molecular weight excluding hydrogens is 222 g/mol.